The number of rotatable bonds is 4. The average molecular weight is 350 g/mol. The second-order valence-corrected chi connectivity index (χ2v) is 6.49. The summed E-state index contributed by atoms with van der Waals surface area (Å²) in [6.07, 6.45) is 1.96. The molecule has 0 saturated heterocycles. The van der Waals surface area contributed by atoms with Gasteiger partial charge in [0.1, 0.15) is 11.7 Å². The summed E-state index contributed by atoms with van der Waals surface area (Å²) in [5.74, 6) is -1.81. The van der Waals surface area contributed by atoms with E-state index in [9.17, 15) is 14.7 Å². The maximum atomic E-state index is 12.8. The molecule has 0 radical (unpaired) electrons. The van der Waals surface area contributed by atoms with Crippen molar-refractivity contribution >= 4 is 17.3 Å². The fraction of sp³-hybridized carbons (Fsp3) is 0.273. The number of ether oxygens (including phenoxy) is 1. The molecule has 1 aliphatic carbocycles. The highest BCUT2D eigenvalue weighted by Gasteiger charge is 2.40. The summed E-state index contributed by atoms with van der Waals surface area (Å²) in [4.78, 5) is 25.3. The van der Waals surface area contributed by atoms with Gasteiger partial charge in [0.2, 0.25) is 0 Å². The van der Waals surface area contributed by atoms with Crippen LogP contribution in [-0.4, -0.2) is 23.5 Å². The van der Waals surface area contributed by atoms with Crippen LogP contribution < -0.4 is 0 Å². The number of hydrogen-bond acceptors (Lipinski definition) is 4. The zero-order chi connectivity index (χ0) is 18.7. The highest BCUT2D eigenvalue weighted by molar-refractivity contribution is 6.11. The monoisotopic (exact) mass is 350 g/mol. The first-order valence-corrected chi connectivity index (χ1v) is 8.77. The van der Waals surface area contributed by atoms with E-state index in [0.717, 1.165) is 16.7 Å². The van der Waals surface area contributed by atoms with Crippen LogP contribution in [0.2, 0.25) is 0 Å². The van der Waals surface area contributed by atoms with Crippen LogP contribution in [0, 0.1) is 12.8 Å². The number of aryl methyl sites for hydroxylation is 1. The normalized spacial score (nSPS) is 19.8. The lowest BCUT2D eigenvalue weighted by atomic mass is 9.72. The Labute approximate surface area is 153 Å². The zero-order valence-electron chi connectivity index (χ0n) is 14.9. The molecule has 1 aliphatic rings. The second-order valence-electron chi connectivity index (χ2n) is 6.49. The fourth-order valence-corrected chi connectivity index (χ4v) is 3.61. The quantitative estimate of drug-likeness (QED) is 0.668. The molecule has 0 aliphatic heterocycles. The molecule has 0 spiro atoms. The van der Waals surface area contributed by atoms with Gasteiger partial charge in [0, 0.05) is 11.5 Å². The minimum atomic E-state index is -0.856. The third-order valence-electron chi connectivity index (χ3n) is 4.84. The van der Waals surface area contributed by atoms with Gasteiger partial charge in [0.05, 0.1) is 6.61 Å². The zero-order valence-corrected chi connectivity index (χ0v) is 14.9. The molecule has 0 bridgehead atoms. The number of benzene rings is 2. The molecule has 4 heteroatoms. The molecule has 26 heavy (non-hydrogen) atoms. The van der Waals surface area contributed by atoms with Crippen LogP contribution in [-0.2, 0) is 14.3 Å². The van der Waals surface area contributed by atoms with Crippen LogP contribution in [0.4, 0.5) is 0 Å². The van der Waals surface area contributed by atoms with Crippen molar-refractivity contribution in [2.24, 2.45) is 5.92 Å². The predicted molar refractivity (Wildman–Crippen MR) is 99.8 cm³/mol. The van der Waals surface area contributed by atoms with Gasteiger partial charge in [-0.3, -0.25) is 9.59 Å². The molecule has 2 atom stereocenters. The van der Waals surface area contributed by atoms with E-state index < -0.39 is 11.9 Å². The topological polar surface area (TPSA) is 63.6 Å². The van der Waals surface area contributed by atoms with Crippen LogP contribution in [0.5, 0.6) is 5.75 Å². The molecular formula is C22H22O4. The van der Waals surface area contributed by atoms with Crippen molar-refractivity contribution in [3.05, 3.63) is 71.3 Å². The summed E-state index contributed by atoms with van der Waals surface area (Å²) in [7, 11) is 0. The molecule has 0 fully saturated rings. The fourth-order valence-electron chi connectivity index (χ4n) is 3.61. The molecule has 0 amide bonds. The predicted octanol–water partition coefficient (Wildman–Crippen LogP) is 4.02. The molecule has 3 rings (SSSR count). The molecule has 0 aromatic heterocycles. The van der Waals surface area contributed by atoms with Crippen LogP contribution in [0.15, 0.2) is 54.6 Å². The molecule has 2 aromatic rings. The van der Waals surface area contributed by atoms with Crippen molar-refractivity contribution in [2.75, 3.05) is 6.61 Å². The molecule has 2 aromatic carbocycles. The number of phenols is 1. The Morgan fingerprint density at radius 3 is 2.54 bits per heavy atom. The van der Waals surface area contributed by atoms with Crippen LogP contribution in [0.1, 0.15) is 36.0 Å². The second kappa shape index (κ2) is 7.56. The van der Waals surface area contributed by atoms with E-state index in [4.69, 9.17) is 4.74 Å². The van der Waals surface area contributed by atoms with Gasteiger partial charge in [-0.1, -0.05) is 42.5 Å². The number of carbonyl (C=O) groups is 2. The van der Waals surface area contributed by atoms with Gasteiger partial charge in [-0.15, -0.1) is 0 Å². The van der Waals surface area contributed by atoms with E-state index in [2.05, 4.69) is 0 Å². The van der Waals surface area contributed by atoms with E-state index in [1.54, 1.807) is 25.1 Å². The Hall–Kier alpha value is -2.88. The van der Waals surface area contributed by atoms with Crippen molar-refractivity contribution in [3.8, 4) is 5.75 Å². The Bertz CT molecular complexity index is 866. The number of hydrogen-bond donors (Lipinski definition) is 1. The third kappa shape index (κ3) is 3.40. The molecule has 4 nitrogen and oxygen atoms in total. The van der Waals surface area contributed by atoms with Gasteiger partial charge in [-0.25, -0.2) is 0 Å². The number of para-hydroxylation sites is 1. The minimum absolute atomic E-state index is 0.129. The first-order valence-electron chi connectivity index (χ1n) is 8.77. The van der Waals surface area contributed by atoms with E-state index in [-0.39, 0.29) is 24.1 Å². The van der Waals surface area contributed by atoms with Gasteiger partial charge in [-0.05, 0) is 49.1 Å². The summed E-state index contributed by atoms with van der Waals surface area (Å²) in [6, 6.07) is 14.7. The van der Waals surface area contributed by atoms with Gasteiger partial charge >= 0.3 is 5.97 Å². The summed E-state index contributed by atoms with van der Waals surface area (Å²) in [5.41, 5.74) is 3.35. The summed E-state index contributed by atoms with van der Waals surface area (Å²) < 4.78 is 5.17. The number of allylic oxidation sites excluding steroid dienone is 2. The lowest BCUT2D eigenvalue weighted by Gasteiger charge is -2.30. The van der Waals surface area contributed by atoms with Crippen LogP contribution in [0.25, 0.3) is 5.57 Å². The number of aromatic hydroxyl groups is 1. The average Bonchev–Trinajstić information content (AvgIpc) is 2.62. The van der Waals surface area contributed by atoms with E-state index >= 15 is 0 Å². The number of ketones is 1. The lowest BCUT2D eigenvalue weighted by molar-refractivity contribution is -0.151. The molecule has 134 valence electrons. The lowest BCUT2D eigenvalue weighted by Crippen LogP contribution is -2.34. The third-order valence-corrected chi connectivity index (χ3v) is 4.84. The molecule has 0 heterocycles. The minimum Gasteiger partial charge on any atom is -0.507 e. The Balaban J connectivity index is 2.08. The van der Waals surface area contributed by atoms with Crippen molar-refractivity contribution in [1.29, 1.82) is 0 Å². The van der Waals surface area contributed by atoms with Gasteiger partial charge < -0.3 is 9.84 Å². The Kier molecular flexibility index (Phi) is 5.21. The maximum absolute atomic E-state index is 12.8. The van der Waals surface area contributed by atoms with Gasteiger partial charge in [0.15, 0.2) is 5.78 Å². The standard InChI is InChI=1S/C22H22O4/c1-3-26-22(25)21-18(16-9-5-4-8-14(16)2)12-15(13-20(21)24)17-10-6-7-11-19(17)23/h4-11,13,18,21,23H,3,12H2,1-2H3. The van der Waals surface area contributed by atoms with E-state index in [1.165, 1.54) is 6.08 Å². The highest BCUT2D eigenvalue weighted by atomic mass is 16.5. The first kappa shape index (κ1) is 17.9. The molecular weight excluding hydrogens is 328 g/mol. The van der Waals surface area contributed by atoms with Crippen molar-refractivity contribution in [3.63, 3.8) is 0 Å². The highest BCUT2D eigenvalue weighted by Crippen LogP contribution is 2.42. The smallest absolute Gasteiger partial charge is 0.317 e. The maximum Gasteiger partial charge on any atom is 0.317 e. The molecule has 0 saturated carbocycles. The summed E-state index contributed by atoms with van der Waals surface area (Å²) in [5, 5.41) is 10.2. The van der Waals surface area contributed by atoms with E-state index in [1.807, 2.05) is 37.3 Å². The van der Waals surface area contributed by atoms with E-state index in [0.29, 0.717) is 12.0 Å². The summed E-state index contributed by atoms with van der Waals surface area (Å²) in [6.45, 7) is 3.94. The van der Waals surface area contributed by atoms with Gasteiger partial charge in [-0.2, -0.15) is 0 Å². The largest absolute Gasteiger partial charge is 0.507 e. The number of esters is 1. The van der Waals surface area contributed by atoms with Crippen molar-refractivity contribution < 1.29 is 19.4 Å². The Morgan fingerprint density at radius 2 is 1.85 bits per heavy atom. The van der Waals surface area contributed by atoms with Crippen molar-refractivity contribution in [2.45, 2.75) is 26.2 Å². The summed E-state index contributed by atoms with van der Waals surface area (Å²) >= 11 is 0. The number of phenolic OH excluding ortho intramolecular Hbond substituents is 1. The number of carbonyl (C=O) groups excluding carboxylic acids is 2. The van der Waals surface area contributed by atoms with Crippen molar-refractivity contribution in [1.82, 2.24) is 0 Å². The molecule has 2 unspecified atom stereocenters. The Morgan fingerprint density at radius 1 is 1.15 bits per heavy atom. The van der Waals surface area contributed by atoms with Crippen LogP contribution >= 0.6 is 0 Å². The van der Waals surface area contributed by atoms with Gasteiger partial charge in [0.25, 0.3) is 0 Å². The molecule has 1 N–H and O–H groups in total. The van der Waals surface area contributed by atoms with Crippen LogP contribution in [0.3, 0.4) is 0 Å². The SMILES string of the molecule is CCOC(=O)C1C(=O)C=C(c2ccccc2O)CC1c1ccccc1C. The first-order chi connectivity index (χ1) is 12.5.